The van der Waals surface area contributed by atoms with E-state index in [9.17, 15) is 19.8 Å². The Morgan fingerprint density at radius 3 is 1.86 bits per heavy atom. The largest absolute Gasteiger partial charge is 2.00 e. The van der Waals surface area contributed by atoms with Gasteiger partial charge in [-0.25, -0.2) is 0 Å². The number of rotatable bonds is 4. The van der Waals surface area contributed by atoms with E-state index in [-0.39, 0.29) is 35.9 Å². The van der Waals surface area contributed by atoms with Gasteiger partial charge in [0.1, 0.15) is 0 Å². The van der Waals surface area contributed by atoms with E-state index in [0.29, 0.717) is 0 Å². The van der Waals surface area contributed by atoms with Crippen LogP contribution in [-0.4, -0.2) is 39.6 Å². The first-order valence-electron chi connectivity index (χ1n) is 4.15. The Hall–Kier alpha value is -0.597. The van der Waals surface area contributed by atoms with Crippen LogP contribution in [0, 0.1) is 0 Å². The third kappa shape index (κ3) is 17.5. The van der Waals surface area contributed by atoms with Gasteiger partial charge in [0.15, 0.2) is 0 Å². The van der Waals surface area contributed by atoms with E-state index in [0.717, 1.165) is 0 Å². The van der Waals surface area contributed by atoms with Gasteiger partial charge in [-0.15, -0.1) is 0 Å². The Kier molecular flexibility index (Phi) is 14.3. The van der Waals surface area contributed by atoms with Gasteiger partial charge in [-0.3, -0.25) is 0 Å². The summed E-state index contributed by atoms with van der Waals surface area (Å²) < 4.78 is 27.0. The number of aliphatic hydroxyl groups excluding tert-OH is 1. The summed E-state index contributed by atoms with van der Waals surface area (Å²) in [7, 11) is 0. The first-order chi connectivity index (χ1) is 6.05. The van der Waals surface area contributed by atoms with Crippen LogP contribution >= 0.6 is 0 Å². The summed E-state index contributed by atoms with van der Waals surface area (Å²) in [6, 6.07) is 0. The summed E-state index contributed by atoms with van der Waals surface area (Å²) in [4.78, 5) is 20.2. The summed E-state index contributed by atoms with van der Waals surface area (Å²) >= 11 is 0. The Morgan fingerprint density at radius 2 is 1.64 bits per heavy atom. The minimum Gasteiger partial charge on any atom is -0.550 e. The van der Waals surface area contributed by atoms with Gasteiger partial charge in [0, 0.05) is 11.5 Å². The van der Waals surface area contributed by atoms with Crippen molar-refractivity contribution < 1.29 is 66.3 Å². The SMILES string of the molecule is O.O.O.[2H]C([2H])(C(=O)[O-])C([2H])([2H])C(O)C(=O)[O-].[Zn+2]. The zero-order chi connectivity index (χ0) is 11.7. The van der Waals surface area contributed by atoms with Crippen LogP contribution in [0.4, 0.5) is 0 Å². The summed E-state index contributed by atoms with van der Waals surface area (Å²) in [6.45, 7) is 0. The van der Waals surface area contributed by atoms with Crippen molar-refractivity contribution in [1.82, 2.24) is 0 Å². The van der Waals surface area contributed by atoms with Gasteiger partial charge >= 0.3 is 19.5 Å². The van der Waals surface area contributed by atoms with Gasteiger partial charge in [-0.1, -0.05) is 0 Å². The maximum Gasteiger partial charge on any atom is 2.00 e. The fourth-order valence-electron chi connectivity index (χ4n) is 0.186. The minimum absolute atomic E-state index is 0. The van der Waals surface area contributed by atoms with Crippen molar-refractivity contribution in [3.63, 3.8) is 0 Å². The molecule has 9 heteroatoms. The van der Waals surface area contributed by atoms with Gasteiger partial charge in [0.25, 0.3) is 0 Å². The van der Waals surface area contributed by atoms with Crippen LogP contribution in [0.2, 0.25) is 0 Å². The standard InChI is InChI=1S/C5H8O5.3H2O.Zn/c6-3(5(9)10)1-2-4(7)8;;;;/h3,6H,1-2H2,(H,7,8)(H,9,10);3*1H2;/q;;;;+2/p-2/i1D2,2D2;;;;. The zero-order valence-electron chi connectivity index (χ0n) is 10.9. The Morgan fingerprint density at radius 1 is 1.29 bits per heavy atom. The van der Waals surface area contributed by atoms with E-state index < -0.39 is 30.8 Å². The molecule has 7 N–H and O–H groups in total. The molecule has 0 amide bonds. The van der Waals surface area contributed by atoms with E-state index in [1.54, 1.807) is 0 Å². The van der Waals surface area contributed by atoms with Crippen molar-refractivity contribution in [3.8, 4) is 0 Å². The molecule has 0 bridgehead atoms. The van der Waals surface area contributed by atoms with Crippen molar-refractivity contribution in [2.24, 2.45) is 0 Å². The molecule has 0 aromatic rings. The normalized spacial score (nSPS) is 15.2. The second kappa shape index (κ2) is 14.9. The van der Waals surface area contributed by atoms with Crippen molar-refractivity contribution >= 4 is 11.9 Å². The summed E-state index contributed by atoms with van der Waals surface area (Å²) in [5.74, 6) is -4.76. The van der Waals surface area contributed by atoms with Crippen LogP contribution in [0.1, 0.15) is 18.2 Å². The maximum absolute atomic E-state index is 10.1. The molecule has 0 aromatic carbocycles. The number of aliphatic carboxylic acids is 2. The molecule has 0 heterocycles. The first-order valence-corrected chi connectivity index (χ1v) is 2.15. The van der Waals surface area contributed by atoms with Gasteiger partial charge in [0.05, 0.1) is 12.1 Å². The molecule has 0 spiro atoms. The van der Waals surface area contributed by atoms with E-state index in [4.69, 9.17) is 10.6 Å². The summed E-state index contributed by atoms with van der Waals surface area (Å²) in [6.07, 6.45) is -10.1. The van der Waals surface area contributed by atoms with Crippen LogP contribution in [0.3, 0.4) is 0 Å². The van der Waals surface area contributed by atoms with E-state index in [2.05, 4.69) is 0 Å². The number of carboxylic acids is 2. The quantitative estimate of drug-likeness (QED) is 0.495. The van der Waals surface area contributed by atoms with Crippen LogP contribution in [0.25, 0.3) is 0 Å². The van der Waals surface area contributed by atoms with Crippen molar-refractivity contribution in [3.05, 3.63) is 0 Å². The second-order valence-electron chi connectivity index (χ2n) is 1.28. The molecule has 0 fully saturated rings. The predicted molar refractivity (Wildman–Crippen MR) is 36.1 cm³/mol. The van der Waals surface area contributed by atoms with Gasteiger partial charge in [-0.2, -0.15) is 0 Å². The second-order valence-corrected chi connectivity index (χ2v) is 1.28. The third-order valence-corrected chi connectivity index (χ3v) is 0.534. The molecule has 0 aliphatic carbocycles. The van der Waals surface area contributed by atoms with E-state index >= 15 is 0 Å². The molecule has 0 saturated carbocycles. The van der Waals surface area contributed by atoms with E-state index in [1.165, 1.54) is 0 Å². The summed E-state index contributed by atoms with van der Waals surface area (Å²) in [5.41, 5.74) is 0. The Bertz CT molecular complexity index is 272. The molecule has 0 aromatic heterocycles. The monoisotopic (exact) mass is 268 g/mol. The van der Waals surface area contributed by atoms with Crippen LogP contribution in [-0.2, 0) is 29.1 Å². The van der Waals surface area contributed by atoms with Gasteiger partial charge in [-0.05, 0) is 12.7 Å². The molecule has 0 rings (SSSR count). The number of hydrogen-bond acceptors (Lipinski definition) is 5. The Labute approximate surface area is 97.9 Å². The smallest absolute Gasteiger partial charge is 0.550 e. The maximum atomic E-state index is 10.1. The van der Waals surface area contributed by atoms with Crippen LogP contribution in [0.5, 0.6) is 0 Å². The third-order valence-electron chi connectivity index (χ3n) is 0.534. The number of carbonyl (C=O) groups is 2. The Balaban J connectivity index is -0.000000141. The predicted octanol–water partition coefficient (Wildman–Crippen LogP) is -5.85. The van der Waals surface area contributed by atoms with Crippen LogP contribution in [0.15, 0.2) is 0 Å². The van der Waals surface area contributed by atoms with Gasteiger partial charge in [0.2, 0.25) is 0 Å². The fourth-order valence-corrected chi connectivity index (χ4v) is 0.186. The number of carbonyl (C=O) groups excluding carboxylic acids is 2. The molecular formula is C5H12O8Zn. The molecule has 1 unspecified atom stereocenters. The fraction of sp³-hybridized carbons (Fsp3) is 0.600. The molecule has 0 aliphatic rings. The molecule has 0 radical (unpaired) electrons. The molecule has 82 valence electrons. The van der Waals surface area contributed by atoms with Crippen LogP contribution < -0.4 is 10.2 Å². The zero-order valence-corrected chi connectivity index (χ0v) is 9.83. The number of hydrogen-bond donors (Lipinski definition) is 1. The van der Waals surface area contributed by atoms with Gasteiger partial charge < -0.3 is 41.3 Å². The molecule has 1 atom stereocenters. The van der Waals surface area contributed by atoms with Crippen molar-refractivity contribution in [2.75, 3.05) is 0 Å². The van der Waals surface area contributed by atoms with E-state index in [1.807, 2.05) is 0 Å². The van der Waals surface area contributed by atoms with Crippen molar-refractivity contribution in [2.45, 2.75) is 18.8 Å². The first kappa shape index (κ1) is 13.4. The summed E-state index contributed by atoms with van der Waals surface area (Å²) in [5, 5.41) is 28.8. The van der Waals surface area contributed by atoms with Crippen molar-refractivity contribution in [1.29, 1.82) is 0 Å². The molecule has 14 heavy (non-hydrogen) atoms. The topological polar surface area (TPSA) is 195 Å². The molecular weight excluding hydrogens is 253 g/mol. The molecule has 0 aliphatic heterocycles. The number of aliphatic hydroxyl groups is 1. The minimum atomic E-state index is -3.63. The molecule has 0 saturated heterocycles. The molecule has 8 nitrogen and oxygen atoms in total. The number of carboxylic acid groups (broad SMARTS) is 2. The average Bonchev–Trinajstić information content (AvgIpc) is 2.01. The average molecular weight is 270 g/mol.